The van der Waals surface area contributed by atoms with Crippen LogP contribution in [0, 0.1) is 0 Å². The number of nitrogens with one attached hydrogen (secondary N) is 1. The van der Waals surface area contributed by atoms with E-state index in [9.17, 15) is 9.59 Å². The average Bonchev–Trinajstić information content (AvgIpc) is 3.20. The second kappa shape index (κ2) is 7.99. The van der Waals surface area contributed by atoms with Crippen LogP contribution in [0.4, 0.5) is 5.69 Å². The van der Waals surface area contributed by atoms with Gasteiger partial charge in [-0.05, 0) is 35.9 Å². The summed E-state index contributed by atoms with van der Waals surface area (Å²) in [6.07, 6.45) is 0.637. The van der Waals surface area contributed by atoms with Crippen molar-refractivity contribution in [2.45, 2.75) is 12.5 Å². The van der Waals surface area contributed by atoms with Crippen molar-refractivity contribution in [1.29, 1.82) is 0 Å². The summed E-state index contributed by atoms with van der Waals surface area (Å²) in [4.78, 5) is 25.5. The molecule has 2 atom stereocenters. The van der Waals surface area contributed by atoms with E-state index in [-0.39, 0.29) is 23.7 Å². The number of likely N-dealkylation sites (N-methyl/N-ethyl adjacent to an activating group) is 1. The highest BCUT2D eigenvalue weighted by atomic mass is 16.7. The van der Waals surface area contributed by atoms with Crippen LogP contribution < -0.4 is 30.0 Å². The number of hydrogen-bond donors (Lipinski definition) is 2. The predicted molar refractivity (Wildman–Crippen MR) is 112 cm³/mol. The summed E-state index contributed by atoms with van der Waals surface area (Å²) in [6, 6.07) is 8.21. The van der Waals surface area contributed by atoms with Gasteiger partial charge in [0.15, 0.2) is 24.1 Å². The molecule has 0 fully saturated rings. The Balaban J connectivity index is 1.79. The number of quaternary nitrogens is 1. The van der Waals surface area contributed by atoms with Gasteiger partial charge in [0.05, 0.1) is 33.4 Å². The minimum Gasteiger partial charge on any atom is -0.497 e. The van der Waals surface area contributed by atoms with Crippen molar-refractivity contribution in [3.63, 3.8) is 0 Å². The van der Waals surface area contributed by atoms with E-state index in [0.29, 0.717) is 47.2 Å². The second-order valence-electron chi connectivity index (χ2n) is 7.91. The number of ether oxygens (including phenoxy) is 4. The van der Waals surface area contributed by atoms with Crippen molar-refractivity contribution in [2.75, 3.05) is 46.5 Å². The van der Waals surface area contributed by atoms with Crippen molar-refractivity contribution >= 4 is 17.5 Å². The summed E-state index contributed by atoms with van der Waals surface area (Å²) >= 11 is 0. The zero-order chi connectivity index (χ0) is 22.2. The highest BCUT2D eigenvalue weighted by Gasteiger charge is 2.48. The molecule has 9 nitrogen and oxygen atoms in total. The molecule has 2 aromatic carbocycles. The molecule has 0 aromatic heterocycles. The van der Waals surface area contributed by atoms with Gasteiger partial charge in [-0.2, -0.15) is 0 Å². The molecule has 0 saturated heterocycles. The second-order valence-corrected chi connectivity index (χ2v) is 7.91. The number of carbonyl (C=O) groups excluding carboxylic acids is 2. The Hall–Kier alpha value is -3.46. The maximum absolute atomic E-state index is 13.6. The van der Waals surface area contributed by atoms with E-state index < -0.39 is 11.9 Å². The standard InChI is InChI=1S/C22H25N3O6/c1-25(11-17(23)26)9-8-13-10-16-20(31-12-30-16)21(29-3)18(13)19(25)22(27)24-14-4-6-15(28-2)7-5-14/h4-7,10,19H,8-9,11-12H2,1-3H3,(H2-,23,24,26,27)/p+1/t19-,25-/m1/s1. The molecule has 9 heteroatoms. The number of anilines is 1. The van der Waals surface area contributed by atoms with E-state index in [0.717, 1.165) is 5.56 Å². The van der Waals surface area contributed by atoms with E-state index >= 15 is 0 Å². The molecule has 4 rings (SSSR count). The number of fused-ring (bicyclic) bond motifs is 2. The molecule has 31 heavy (non-hydrogen) atoms. The van der Waals surface area contributed by atoms with Crippen molar-refractivity contribution in [3.8, 4) is 23.0 Å². The minimum atomic E-state index is -0.734. The van der Waals surface area contributed by atoms with Gasteiger partial charge < -0.3 is 34.5 Å². The number of benzene rings is 2. The Bertz CT molecular complexity index is 1020. The van der Waals surface area contributed by atoms with Crippen molar-refractivity contribution in [3.05, 3.63) is 41.5 Å². The Morgan fingerprint density at radius 1 is 1.19 bits per heavy atom. The fourth-order valence-corrected chi connectivity index (χ4v) is 4.43. The van der Waals surface area contributed by atoms with Crippen molar-refractivity contribution in [2.24, 2.45) is 5.73 Å². The lowest BCUT2D eigenvalue weighted by molar-refractivity contribution is -0.924. The predicted octanol–water partition coefficient (Wildman–Crippen LogP) is 1.60. The van der Waals surface area contributed by atoms with Gasteiger partial charge >= 0.3 is 0 Å². The van der Waals surface area contributed by atoms with Crippen LogP contribution in [0.5, 0.6) is 23.0 Å². The normalized spacial score (nSPS) is 21.2. The molecule has 0 bridgehead atoms. The fraction of sp³-hybridized carbons (Fsp3) is 0.364. The molecule has 0 aliphatic carbocycles. The number of nitrogens with zero attached hydrogens (tertiary/aromatic N) is 1. The quantitative estimate of drug-likeness (QED) is 0.677. The molecule has 0 unspecified atom stereocenters. The lowest BCUT2D eigenvalue weighted by Crippen LogP contribution is -2.58. The maximum Gasteiger partial charge on any atom is 0.287 e. The number of methoxy groups -OCH3 is 2. The topological polar surface area (TPSA) is 109 Å². The largest absolute Gasteiger partial charge is 0.497 e. The Morgan fingerprint density at radius 3 is 2.58 bits per heavy atom. The van der Waals surface area contributed by atoms with Crippen molar-refractivity contribution < 1.29 is 33.0 Å². The molecule has 164 valence electrons. The van der Waals surface area contributed by atoms with Crippen LogP contribution in [0.25, 0.3) is 0 Å². The van der Waals surface area contributed by atoms with Crippen LogP contribution in [-0.4, -0.2) is 57.4 Å². The highest BCUT2D eigenvalue weighted by Crippen LogP contribution is 2.51. The molecule has 2 heterocycles. The molecule has 2 aromatic rings. The maximum atomic E-state index is 13.6. The van der Waals surface area contributed by atoms with Crippen LogP contribution in [0.2, 0.25) is 0 Å². The first-order valence-electron chi connectivity index (χ1n) is 9.93. The third-order valence-corrected chi connectivity index (χ3v) is 5.86. The number of nitrogens with two attached hydrogens (primary N) is 1. The van der Waals surface area contributed by atoms with Crippen LogP contribution in [-0.2, 0) is 16.0 Å². The monoisotopic (exact) mass is 428 g/mol. The van der Waals surface area contributed by atoms with Crippen LogP contribution >= 0.6 is 0 Å². The molecule has 0 saturated carbocycles. The number of carbonyl (C=O) groups is 2. The van der Waals surface area contributed by atoms with Crippen LogP contribution in [0.1, 0.15) is 17.2 Å². The lowest BCUT2D eigenvalue weighted by Gasteiger charge is -2.44. The van der Waals surface area contributed by atoms with Crippen molar-refractivity contribution in [1.82, 2.24) is 0 Å². The summed E-state index contributed by atoms with van der Waals surface area (Å²) in [5, 5.41) is 2.96. The lowest BCUT2D eigenvalue weighted by atomic mass is 9.88. The molecular formula is C22H26N3O6+. The van der Waals surface area contributed by atoms with E-state index in [1.165, 1.54) is 7.11 Å². The van der Waals surface area contributed by atoms with E-state index in [4.69, 9.17) is 24.7 Å². The Kier molecular flexibility index (Phi) is 5.36. The van der Waals surface area contributed by atoms with Gasteiger partial charge in [-0.15, -0.1) is 0 Å². The first-order chi connectivity index (χ1) is 14.9. The molecule has 2 aliphatic rings. The first kappa shape index (κ1) is 20.8. The number of primary amides is 1. The Labute approximate surface area is 180 Å². The molecule has 0 spiro atoms. The summed E-state index contributed by atoms with van der Waals surface area (Å²) in [5.41, 5.74) is 7.79. The number of hydrogen-bond acceptors (Lipinski definition) is 6. The third-order valence-electron chi connectivity index (χ3n) is 5.86. The van der Waals surface area contributed by atoms with Gasteiger partial charge in [-0.3, -0.25) is 9.59 Å². The smallest absolute Gasteiger partial charge is 0.287 e. The van der Waals surface area contributed by atoms with E-state index in [1.54, 1.807) is 31.4 Å². The molecule has 0 radical (unpaired) electrons. The van der Waals surface area contributed by atoms with Gasteiger partial charge in [0.2, 0.25) is 12.5 Å². The summed E-state index contributed by atoms with van der Waals surface area (Å²) in [7, 11) is 4.97. The fourth-order valence-electron chi connectivity index (χ4n) is 4.43. The summed E-state index contributed by atoms with van der Waals surface area (Å²) in [6.45, 7) is 0.655. The number of amides is 2. The first-order valence-corrected chi connectivity index (χ1v) is 9.93. The SMILES string of the molecule is COc1ccc(NC(=O)[C@H]2c3c(cc4c(c3OC)OCO4)CC[N@+]2(C)CC(N)=O)cc1. The van der Waals surface area contributed by atoms with E-state index in [2.05, 4.69) is 5.32 Å². The zero-order valence-electron chi connectivity index (χ0n) is 17.8. The summed E-state index contributed by atoms with van der Waals surface area (Å²) < 4.78 is 22.1. The number of rotatable bonds is 6. The molecule has 2 aliphatic heterocycles. The van der Waals surface area contributed by atoms with E-state index in [1.807, 2.05) is 13.1 Å². The van der Waals surface area contributed by atoms with Gasteiger partial charge in [0.25, 0.3) is 11.8 Å². The van der Waals surface area contributed by atoms with Gasteiger partial charge in [-0.1, -0.05) is 0 Å². The summed E-state index contributed by atoms with van der Waals surface area (Å²) in [5.74, 6) is 1.45. The zero-order valence-corrected chi connectivity index (χ0v) is 17.8. The van der Waals surface area contributed by atoms with Crippen LogP contribution in [0.15, 0.2) is 30.3 Å². The minimum absolute atomic E-state index is 0.0116. The van der Waals surface area contributed by atoms with Gasteiger partial charge in [0, 0.05) is 12.1 Å². The molecular weight excluding hydrogens is 402 g/mol. The van der Waals surface area contributed by atoms with Gasteiger partial charge in [0.1, 0.15) is 5.75 Å². The Morgan fingerprint density at radius 2 is 1.94 bits per heavy atom. The molecule has 3 N–H and O–H groups in total. The third kappa shape index (κ3) is 3.72. The van der Waals surface area contributed by atoms with Crippen LogP contribution in [0.3, 0.4) is 0 Å². The average molecular weight is 428 g/mol. The molecule has 2 amide bonds. The highest BCUT2D eigenvalue weighted by molar-refractivity contribution is 5.96. The van der Waals surface area contributed by atoms with Gasteiger partial charge in [-0.25, -0.2) is 0 Å².